The van der Waals surface area contributed by atoms with Crippen molar-refractivity contribution in [3.05, 3.63) is 11.1 Å². The summed E-state index contributed by atoms with van der Waals surface area (Å²) >= 11 is 1.56. The highest BCUT2D eigenvalue weighted by Gasteiger charge is 2.22. The van der Waals surface area contributed by atoms with Gasteiger partial charge in [0.2, 0.25) is 5.91 Å². The van der Waals surface area contributed by atoms with Crippen LogP contribution >= 0.6 is 11.3 Å². The highest BCUT2D eigenvalue weighted by molar-refractivity contribution is 7.15. The minimum Gasteiger partial charge on any atom is -0.316 e. The Morgan fingerprint density at radius 2 is 2.67 bits per heavy atom. The minimum atomic E-state index is 0.0944. The van der Waals surface area contributed by atoms with Crippen LogP contribution < -0.4 is 10.6 Å². The van der Waals surface area contributed by atoms with Crippen LogP contribution in [0.15, 0.2) is 6.20 Å². The third kappa shape index (κ3) is 2.54. The molecule has 2 rings (SSSR count). The molecular formula is C10H15N3OS. The maximum Gasteiger partial charge on any atom is 0.230 e. The van der Waals surface area contributed by atoms with E-state index >= 15 is 0 Å². The van der Waals surface area contributed by atoms with E-state index < -0.39 is 0 Å². The number of carbonyl (C=O) groups excluding carboxylic acids is 1. The monoisotopic (exact) mass is 225 g/mol. The van der Waals surface area contributed by atoms with Crippen molar-refractivity contribution in [2.75, 3.05) is 18.4 Å². The normalized spacial score (nSPS) is 20.5. The number of hydrogen-bond acceptors (Lipinski definition) is 4. The fraction of sp³-hybridized carbons (Fsp3) is 0.600. The second-order valence-electron chi connectivity index (χ2n) is 3.66. The molecule has 0 aliphatic carbocycles. The highest BCUT2D eigenvalue weighted by Crippen LogP contribution is 2.19. The number of aromatic nitrogens is 1. The number of thiazole rings is 1. The van der Waals surface area contributed by atoms with Gasteiger partial charge in [-0.2, -0.15) is 0 Å². The Kier molecular flexibility index (Phi) is 3.33. The van der Waals surface area contributed by atoms with Crippen LogP contribution in [0, 0.1) is 5.92 Å². The number of anilines is 1. The number of hydrogen-bond donors (Lipinski definition) is 2. The quantitative estimate of drug-likeness (QED) is 0.814. The van der Waals surface area contributed by atoms with Gasteiger partial charge in [-0.05, 0) is 19.4 Å². The standard InChI is InChI=1S/C10H15N3OS/c1-2-8-6-12-10(15-8)13-9(14)7-3-4-11-5-7/h6-7,11H,2-5H2,1H3,(H,12,13,14). The zero-order valence-electron chi connectivity index (χ0n) is 8.75. The Morgan fingerprint density at radius 1 is 1.80 bits per heavy atom. The Bertz CT molecular complexity index is 344. The molecule has 4 nitrogen and oxygen atoms in total. The lowest BCUT2D eigenvalue weighted by atomic mass is 10.1. The molecule has 2 heterocycles. The zero-order chi connectivity index (χ0) is 10.7. The van der Waals surface area contributed by atoms with Crippen LogP contribution in [0.3, 0.4) is 0 Å². The lowest BCUT2D eigenvalue weighted by Crippen LogP contribution is -2.24. The van der Waals surface area contributed by atoms with E-state index in [0.717, 1.165) is 31.1 Å². The number of amides is 1. The molecule has 0 aromatic carbocycles. The summed E-state index contributed by atoms with van der Waals surface area (Å²) in [6.07, 6.45) is 3.73. The van der Waals surface area contributed by atoms with Gasteiger partial charge in [-0.25, -0.2) is 4.98 Å². The SMILES string of the molecule is CCc1cnc(NC(=O)C2CCNC2)s1. The van der Waals surface area contributed by atoms with Crippen molar-refractivity contribution >= 4 is 22.4 Å². The first kappa shape index (κ1) is 10.6. The number of nitrogens with one attached hydrogen (secondary N) is 2. The molecule has 5 heteroatoms. The van der Waals surface area contributed by atoms with E-state index in [2.05, 4.69) is 22.5 Å². The molecule has 0 spiro atoms. The number of aryl methyl sites for hydroxylation is 1. The molecule has 1 aliphatic rings. The number of nitrogens with zero attached hydrogens (tertiary/aromatic N) is 1. The predicted molar refractivity (Wildman–Crippen MR) is 61.1 cm³/mol. The molecule has 1 amide bonds. The molecule has 0 radical (unpaired) electrons. The van der Waals surface area contributed by atoms with Crippen molar-refractivity contribution in [3.8, 4) is 0 Å². The summed E-state index contributed by atoms with van der Waals surface area (Å²) in [6.45, 7) is 3.81. The maximum absolute atomic E-state index is 11.7. The van der Waals surface area contributed by atoms with Crippen molar-refractivity contribution in [2.45, 2.75) is 19.8 Å². The van der Waals surface area contributed by atoms with Gasteiger partial charge in [0.1, 0.15) is 0 Å². The molecule has 1 fully saturated rings. The number of carbonyl (C=O) groups is 1. The van der Waals surface area contributed by atoms with E-state index in [1.807, 2.05) is 6.20 Å². The average Bonchev–Trinajstić information content (AvgIpc) is 2.87. The van der Waals surface area contributed by atoms with Crippen molar-refractivity contribution in [1.82, 2.24) is 10.3 Å². The van der Waals surface area contributed by atoms with Crippen LogP contribution in [0.25, 0.3) is 0 Å². The molecule has 1 saturated heterocycles. The molecule has 1 aromatic heterocycles. The first-order valence-electron chi connectivity index (χ1n) is 5.26. The van der Waals surface area contributed by atoms with Crippen LogP contribution in [-0.4, -0.2) is 24.0 Å². The topological polar surface area (TPSA) is 54.0 Å². The average molecular weight is 225 g/mol. The fourth-order valence-electron chi connectivity index (χ4n) is 1.61. The van der Waals surface area contributed by atoms with E-state index in [1.165, 1.54) is 4.88 Å². The predicted octanol–water partition coefficient (Wildman–Crippen LogP) is 1.25. The Labute approximate surface area is 93.1 Å². The van der Waals surface area contributed by atoms with Gasteiger partial charge in [0, 0.05) is 17.6 Å². The second-order valence-corrected chi connectivity index (χ2v) is 4.78. The molecule has 1 aromatic rings. The van der Waals surface area contributed by atoms with Crippen LogP contribution in [0.2, 0.25) is 0 Å². The van der Waals surface area contributed by atoms with Crippen LogP contribution in [0.1, 0.15) is 18.2 Å². The van der Waals surface area contributed by atoms with E-state index in [0.29, 0.717) is 0 Å². The zero-order valence-corrected chi connectivity index (χ0v) is 9.56. The molecular weight excluding hydrogens is 210 g/mol. The first-order valence-corrected chi connectivity index (χ1v) is 6.07. The molecule has 82 valence electrons. The summed E-state index contributed by atoms with van der Waals surface area (Å²) in [4.78, 5) is 17.1. The highest BCUT2D eigenvalue weighted by atomic mass is 32.1. The van der Waals surface area contributed by atoms with Gasteiger partial charge in [-0.15, -0.1) is 11.3 Å². The van der Waals surface area contributed by atoms with E-state index in [9.17, 15) is 4.79 Å². The summed E-state index contributed by atoms with van der Waals surface area (Å²) in [6, 6.07) is 0. The van der Waals surface area contributed by atoms with Gasteiger partial charge in [0.15, 0.2) is 5.13 Å². The molecule has 0 bridgehead atoms. The van der Waals surface area contributed by atoms with Crippen molar-refractivity contribution < 1.29 is 4.79 Å². The summed E-state index contributed by atoms with van der Waals surface area (Å²) in [5.74, 6) is 0.205. The molecule has 1 unspecified atom stereocenters. The minimum absolute atomic E-state index is 0.0944. The van der Waals surface area contributed by atoms with Gasteiger partial charge < -0.3 is 10.6 Å². The summed E-state index contributed by atoms with van der Waals surface area (Å²) in [5.41, 5.74) is 0. The van der Waals surface area contributed by atoms with E-state index in [4.69, 9.17) is 0 Å². The lowest BCUT2D eigenvalue weighted by molar-refractivity contribution is -0.119. The van der Waals surface area contributed by atoms with Crippen molar-refractivity contribution in [2.24, 2.45) is 5.92 Å². The summed E-state index contributed by atoms with van der Waals surface area (Å²) in [7, 11) is 0. The largest absolute Gasteiger partial charge is 0.316 e. The molecule has 2 N–H and O–H groups in total. The Balaban J connectivity index is 1.92. The van der Waals surface area contributed by atoms with Gasteiger partial charge in [-0.1, -0.05) is 6.92 Å². The van der Waals surface area contributed by atoms with Gasteiger partial charge in [-0.3, -0.25) is 4.79 Å². The second kappa shape index (κ2) is 4.72. The smallest absolute Gasteiger partial charge is 0.230 e. The van der Waals surface area contributed by atoms with Crippen molar-refractivity contribution in [1.29, 1.82) is 0 Å². The Morgan fingerprint density at radius 3 is 3.27 bits per heavy atom. The van der Waals surface area contributed by atoms with Gasteiger partial charge in [0.25, 0.3) is 0 Å². The molecule has 0 saturated carbocycles. The van der Waals surface area contributed by atoms with E-state index in [1.54, 1.807) is 11.3 Å². The molecule has 1 atom stereocenters. The first-order chi connectivity index (χ1) is 7.29. The number of rotatable bonds is 3. The molecule has 1 aliphatic heterocycles. The summed E-state index contributed by atoms with van der Waals surface area (Å²) in [5, 5.41) is 6.77. The molecule has 15 heavy (non-hydrogen) atoms. The fourth-order valence-corrected chi connectivity index (χ4v) is 2.37. The maximum atomic E-state index is 11.7. The van der Waals surface area contributed by atoms with Crippen LogP contribution in [0.5, 0.6) is 0 Å². The third-order valence-electron chi connectivity index (χ3n) is 2.56. The van der Waals surface area contributed by atoms with E-state index in [-0.39, 0.29) is 11.8 Å². The summed E-state index contributed by atoms with van der Waals surface area (Å²) < 4.78 is 0. The van der Waals surface area contributed by atoms with Crippen LogP contribution in [-0.2, 0) is 11.2 Å². The lowest BCUT2D eigenvalue weighted by Gasteiger charge is -2.06. The van der Waals surface area contributed by atoms with Crippen LogP contribution in [0.4, 0.5) is 5.13 Å². The third-order valence-corrected chi connectivity index (χ3v) is 3.62. The Hall–Kier alpha value is -0.940. The van der Waals surface area contributed by atoms with Gasteiger partial charge in [0.05, 0.1) is 5.92 Å². The van der Waals surface area contributed by atoms with Crippen molar-refractivity contribution in [3.63, 3.8) is 0 Å². The van der Waals surface area contributed by atoms with Gasteiger partial charge >= 0.3 is 0 Å².